The van der Waals surface area contributed by atoms with Crippen LogP contribution in [0.5, 0.6) is 11.5 Å². The van der Waals surface area contributed by atoms with Crippen LogP contribution in [0.1, 0.15) is 72.1 Å². The number of Topliss-reactive ketones (excluding diaryl/α,β-unsaturated/α-hetero) is 1. The van der Waals surface area contributed by atoms with Gasteiger partial charge in [0.15, 0.2) is 11.5 Å². The summed E-state index contributed by atoms with van der Waals surface area (Å²) in [5, 5.41) is 17.9. The summed E-state index contributed by atoms with van der Waals surface area (Å²) < 4.78 is 12.0. The second kappa shape index (κ2) is 15.3. The Labute approximate surface area is 295 Å². The molecule has 2 amide bonds. The van der Waals surface area contributed by atoms with E-state index in [2.05, 4.69) is 36.6 Å². The molecule has 0 heterocycles. The van der Waals surface area contributed by atoms with Crippen molar-refractivity contribution < 1.29 is 29.0 Å². The highest BCUT2D eigenvalue weighted by atomic mass is 16.5. The molecular formula is C42H48N2O6. The van der Waals surface area contributed by atoms with Crippen LogP contribution in [-0.4, -0.2) is 35.4 Å². The van der Waals surface area contributed by atoms with Crippen molar-refractivity contribution in [3.8, 4) is 11.5 Å². The molecule has 3 N–H and O–H groups in total. The normalized spacial score (nSPS) is 20.2. The number of carbonyl (C=O) groups excluding carboxylic acids is 3. The smallest absolute Gasteiger partial charge is 0.235 e. The Morgan fingerprint density at radius 3 is 1.96 bits per heavy atom. The van der Waals surface area contributed by atoms with E-state index in [1.807, 2.05) is 63.2 Å². The summed E-state index contributed by atoms with van der Waals surface area (Å²) in [6, 6.07) is 24.4. The van der Waals surface area contributed by atoms with Gasteiger partial charge in [0.25, 0.3) is 0 Å². The van der Waals surface area contributed by atoms with Crippen molar-refractivity contribution in [2.24, 2.45) is 11.8 Å². The van der Waals surface area contributed by atoms with Gasteiger partial charge in [-0.3, -0.25) is 14.4 Å². The Balaban J connectivity index is 1.57. The number of anilines is 2. The van der Waals surface area contributed by atoms with E-state index in [-0.39, 0.29) is 6.42 Å². The lowest BCUT2D eigenvalue weighted by Gasteiger charge is -2.44. The number of benzene rings is 4. The molecule has 1 aliphatic rings. The summed E-state index contributed by atoms with van der Waals surface area (Å²) in [5.41, 5.74) is 6.34. The fourth-order valence-corrected chi connectivity index (χ4v) is 7.16. The number of amides is 2. The highest BCUT2D eigenvalue weighted by molar-refractivity contribution is 6.10. The zero-order valence-corrected chi connectivity index (χ0v) is 30.1. The van der Waals surface area contributed by atoms with Crippen LogP contribution in [0.4, 0.5) is 11.4 Å². The number of rotatable bonds is 11. The van der Waals surface area contributed by atoms with Gasteiger partial charge in [0.2, 0.25) is 11.8 Å². The van der Waals surface area contributed by atoms with E-state index in [0.29, 0.717) is 47.9 Å². The highest BCUT2D eigenvalue weighted by Gasteiger charge is 2.56. The van der Waals surface area contributed by atoms with Crippen LogP contribution in [0.25, 0.3) is 0 Å². The number of methoxy groups -OCH3 is 1. The molecule has 1 saturated carbocycles. The fourth-order valence-electron chi connectivity index (χ4n) is 7.16. The average Bonchev–Trinajstić information content (AvgIpc) is 3.08. The number of ether oxygens (including phenoxy) is 2. The molecule has 5 rings (SSSR count). The lowest BCUT2D eigenvalue weighted by Crippen LogP contribution is -2.56. The van der Waals surface area contributed by atoms with Crippen molar-refractivity contribution in [1.29, 1.82) is 0 Å². The number of hydrogen-bond acceptors (Lipinski definition) is 6. The van der Waals surface area contributed by atoms with Gasteiger partial charge in [-0.25, -0.2) is 0 Å². The molecule has 0 aliphatic heterocycles. The zero-order chi connectivity index (χ0) is 36.2. The Hall–Kier alpha value is -4.95. The van der Waals surface area contributed by atoms with Gasteiger partial charge in [0, 0.05) is 23.7 Å². The van der Waals surface area contributed by atoms with E-state index < -0.39 is 41.0 Å². The van der Waals surface area contributed by atoms with Gasteiger partial charge in [-0.15, -0.1) is 0 Å². The quantitative estimate of drug-likeness (QED) is 0.141. The molecule has 0 bridgehead atoms. The average molecular weight is 677 g/mol. The van der Waals surface area contributed by atoms with E-state index in [1.54, 1.807) is 24.3 Å². The lowest BCUT2D eigenvalue weighted by atomic mass is 9.61. The number of para-hydroxylation sites is 2. The van der Waals surface area contributed by atoms with Crippen LogP contribution < -0.4 is 20.1 Å². The molecule has 4 aromatic rings. The summed E-state index contributed by atoms with van der Waals surface area (Å²) in [6.45, 7) is 12.0. The van der Waals surface area contributed by atoms with Gasteiger partial charge in [0.1, 0.15) is 18.3 Å². The summed E-state index contributed by atoms with van der Waals surface area (Å²) >= 11 is 0. The summed E-state index contributed by atoms with van der Waals surface area (Å²) in [4.78, 5) is 42.6. The highest BCUT2D eigenvalue weighted by Crippen LogP contribution is 2.48. The number of hydrogen-bond donors (Lipinski definition) is 3. The molecule has 0 aromatic heterocycles. The van der Waals surface area contributed by atoms with Crippen molar-refractivity contribution in [2.45, 2.75) is 78.9 Å². The minimum absolute atomic E-state index is 0.309. The van der Waals surface area contributed by atoms with Crippen molar-refractivity contribution in [3.63, 3.8) is 0 Å². The second-order valence-electron chi connectivity index (χ2n) is 13.5. The van der Waals surface area contributed by atoms with Crippen molar-refractivity contribution in [3.05, 3.63) is 118 Å². The van der Waals surface area contributed by atoms with Crippen LogP contribution in [0.15, 0.2) is 78.9 Å². The standard InChI is InChI=1S/C42H48N2O6/c1-8-28-14-10-12-16-32(28)43-40(46)38-34(45)23-42(6,48)39(41(47)44-33-17-13-11-15-29(33)9-2)37(38)30-18-19-35(36(22-30)49-7)50-24-31-21-26(4)25(3)20-27(31)5/h10-22,37-39,48H,8-9,23-24H2,1-7H3,(H,43,46)(H,44,47). The molecule has 4 unspecified atom stereocenters. The van der Waals surface area contributed by atoms with E-state index >= 15 is 0 Å². The van der Waals surface area contributed by atoms with Crippen molar-refractivity contribution >= 4 is 29.0 Å². The summed E-state index contributed by atoms with van der Waals surface area (Å²) in [6.07, 6.45) is 0.995. The SMILES string of the molecule is CCc1ccccc1NC(=O)C1C(=O)CC(C)(O)C(C(=O)Nc2ccccc2CC)C1c1ccc(OCc2cc(C)c(C)cc2C)c(OC)c1. The van der Waals surface area contributed by atoms with E-state index in [9.17, 15) is 19.5 Å². The molecule has 1 fully saturated rings. The third kappa shape index (κ3) is 7.60. The number of ketones is 1. The van der Waals surface area contributed by atoms with Gasteiger partial charge in [-0.05, 0) is 104 Å². The van der Waals surface area contributed by atoms with E-state index in [4.69, 9.17) is 9.47 Å². The summed E-state index contributed by atoms with van der Waals surface area (Å²) in [7, 11) is 1.52. The molecule has 262 valence electrons. The minimum atomic E-state index is -1.76. The van der Waals surface area contributed by atoms with Crippen LogP contribution in [-0.2, 0) is 33.8 Å². The Morgan fingerprint density at radius 1 is 0.780 bits per heavy atom. The third-order valence-electron chi connectivity index (χ3n) is 10.1. The first-order valence-electron chi connectivity index (χ1n) is 17.3. The predicted molar refractivity (Wildman–Crippen MR) is 197 cm³/mol. The van der Waals surface area contributed by atoms with Crippen LogP contribution >= 0.6 is 0 Å². The first-order valence-corrected chi connectivity index (χ1v) is 17.3. The summed E-state index contributed by atoms with van der Waals surface area (Å²) in [5.74, 6) is -4.08. The number of carbonyl (C=O) groups is 3. The molecule has 0 radical (unpaired) electrons. The largest absolute Gasteiger partial charge is 0.493 e. The zero-order valence-electron chi connectivity index (χ0n) is 30.1. The van der Waals surface area contributed by atoms with Crippen LogP contribution in [0.3, 0.4) is 0 Å². The first-order chi connectivity index (χ1) is 23.9. The molecule has 0 saturated heterocycles. The molecule has 8 heteroatoms. The van der Waals surface area contributed by atoms with Gasteiger partial charge in [-0.2, -0.15) is 0 Å². The van der Waals surface area contributed by atoms with Crippen molar-refractivity contribution in [2.75, 3.05) is 17.7 Å². The Morgan fingerprint density at radius 2 is 1.36 bits per heavy atom. The maximum Gasteiger partial charge on any atom is 0.235 e. The molecular weight excluding hydrogens is 628 g/mol. The monoisotopic (exact) mass is 676 g/mol. The first kappa shape index (κ1) is 36.3. The maximum atomic E-state index is 14.4. The molecule has 4 atom stereocenters. The number of nitrogens with one attached hydrogen (secondary N) is 2. The Kier molecular flexibility index (Phi) is 11.1. The van der Waals surface area contributed by atoms with Gasteiger partial charge in [-0.1, -0.05) is 68.4 Å². The van der Waals surface area contributed by atoms with Gasteiger partial charge in [0.05, 0.1) is 18.6 Å². The lowest BCUT2D eigenvalue weighted by molar-refractivity contribution is -0.150. The fraction of sp³-hybridized carbons (Fsp3) is 0.357. The number of aryl methyl sites for hydroxylation is 5. The Bertz CT molecular complexity index is 1900. The van der Waals surface area contributed by atoms with E-state index in [0.717, 1.165) is 22.3 Å². The second-order valence-corrected chi connectivity index (χ2v) is 13.5. The minimum Gasteiger partial charge on any atom is -0.493 e. The van der Waals surface area contributed by atoms with Crippen LogP contribution in [0.2, 0.25) is 0 Å². The van der Waals surface area contributed by atoms with Crippen molar-refractivity contribution in [1.82, 2.24) is 0 Å². The predicted octanol–water partition coefficient (Wildman–Crippen LogP) is 7.64. The number of aliphatic hydroxyl groups is 1. The topological polar surface area (TPSA) is 114 Å². The molecule has 1 aliphatic carbocycles. The third-order valence-corrected chi connectivity index (χ3v) is 10.1. The molecule has 50 heavy (non-hydrogen) atoms. The van der Waals surface area contributed by atoms with Gasteiger partial charge < -0.3 is 25.2 Å². The van der Waals surface area contributed by atoms with Gasteiger partial charge >= 0.3 is 0 Å². The molecule has 4 aromatic carbocycles. The maximum absolute atomic E-state index is 14.4. The molecule has 8 nitrogen and oxygen atoms in total. The molecule has 0 spiro atoms. The van der Waals surface area contributed by atoms with E-state index in [1.165, 1.54) is 25.2 Å². The van der Waals surface area contributed by atoms with Crippen LogP contribution in [0, 0.1) is 32.6 Å².